The molecule has 3 aromatic rings. The number of nitrogens with zero attached hydrogens (tertiary/aromatic N) is 1. The van der Waals surface area contributed by atoms with Gasteiger partial charge >= 0.3 is 29.8 Å². The summed E-state index contributed by atoms with van der Waals surface area (Å²) >= 11 is 0. The summed E-state index contributed by atoms with van der Waals surface area (Å²) < 4.78 is 56.5. The number of esters is 5. The molecule has 18 nitrogen and oxygen atoms in total. The fourth-order valence-corrected chi connectivity index (χ4v) is 20.3. The lowest BCUT2D eigenvalue weighted by atomic mass is 9.53. The van der Waals surface area contributed by atoms with Crippen molar-refractivity contribution in [3.05, 3.63) is 89.5 Å². The first kappa shape index (κ1) is 72.2. The minimum absolute atomic E-state index is 0.00791. The van der Waals surface area contributed by atoms with Crippen molar-refractivity contribution in [2.45, 2.75) is 188 Å². The minimum Gasteiger partial charge on any atom is -0.508 e. The highest BCUT2D eigenvalue weighted by Crippen LogP contribution is 2.72. The number of methoxy groups -OCH3 is 1. The van der Waals surface area contributed by atoms with Crippen LogP contribution in [0, 0.1) is 101 Å². The highest BCUT2D eigenvalue weighted by molar-refractivity contribution is 5.96. The average molecular weight is 1340 g/mol. The first-order chi connectivity index (χ1) is 46.6. The van der Waals surface area contributed by atoms with Crippen LogP contribution in [0.4, 0.5) is 0 Å². The second-order valence-electron chi connectivity index (χ2n) is 31.0. The van der Waals surface area contributed by atoms with Gasteiger partial charge in [0.05, 0.1) is 48.9 Å². The largest absolute Gasteiger partial charge is 0.508 e. The van der Waals surface area contributed by atoms with Gasteiger partial charge in [0.1, 0.15) is 22.8 Å². The molecule has 6 bridgehead atoms. The number of fused-ring (bicyclic) bond motifs is 6. The molecular formula is C79H109NO17. The zero-order valence-electron chi connectivity index (χ0n) is 59.1. The summed E-state index contributed by atoms with van der Waals surface area (Å²) in [5, 5.41) is 9.83. The number of morpholine rings is 1. The highest BCUT2D eigenvalue weighted by atomic mass is 16.7. The Morgan fingerprint density at radius 1 is 0.639 bits per heavy atom. The number of cyclic esters (lactones) is 2. The van der Waals surface area contributed by atoms with E-state index in [2.05, 4.69) is 45.0 Å². The van der Waals surface area contributed by atoms with E-state index in [1.165, 1.54) is 30.2 Å². The summed E-state index contributed by atoms with van der Waals surface area (Å²) in [6.07, 6.45) is 13.9. The van der Waals surface area contributed by atoms with Crippen molar-refractivity contribution in [3.8, 4) is 17.2 Å². The highest BCUT2D eigenvalue weighted by Gasteiger charge is 2.71. The lowest BCUT2D eigenvalue weighted by Gasteiger charge is -2.50. The fraction of sp³-hybridized carbons (Fsp3) is 0.696. The van der Waals surface area contributed by atoms with Gasteiger partial charge < -0.3 is 57.4 Å². The number of hydrogen-bond donors (Lipinski definition) is 1. The molecule has 2 saturated heterocycles. The van der Waals surface area contributed by atoms with Crippen LogP contribution < -0.4 is 9.47 Å². The molecule has 0 radical (unpaired) electrons. The Labute approximate surface area is 574 Å². The molecule has 7 saturated carbocycles. The third-order valence-corrected chi connectivity index (χ3v) is 24.4. The lowest BCUT2D eigenvalue weighted by molar-refractivity contribution is -0.179. The zero-order chi connectivity index (χ0) is 68.8. The standard InChI is InChI=1S/C43H62O11.C36H47NO6/c1-20-26-17-29(37(40(46)51-18-49-6)36(26)42(48)54-43(3,4)5)30(20)32-22-12-13-23(14-22)33(32)35-27-15-24(34(35)31-21(2)38(44)53-41(31)47)16-28(27)39(45)52-19-50-25-10-8-7-9-11-25;1-5-28(30-7-13-33(38)14-8-30)24-32(31-11-17-35(18-12-31)43-27(4)41-6-2)23-26(3)29-9-15-34(16-10-29)42-25-36(39)37-19-21-40-22-20-37/h20-37H,7-19H2,1-6H3;7-18,26-28,32,38H,5-6,19-25H2,1-4H3. The van der Waals surface area contributed by atoms with E-state index in [0.717, 1.165) is 82.8 Å². The Balaban J connectivity index is 0.000000202. The summed E-state index contributed by atoms with van der Waals surface area (Å²) in [5.74, 6) is 0.325. The predicted octanol–water partition coefficient (Wildman–Crippen LogP) is 13.6. The van der Waals surface area contributed by atoms with Crippen LogP contribution in [0.2, 0.25) is 0 Å². The molecule has 12 rings (SSSR count). The van der Waals surface area contributed by atoms with Gasteiger partial charge in [0.2, 0.25) is 0 Å². The molecule has 1 amide bonds. The number of ether oxygens (including phenoxy) is 10. The summed E-state index contributed by atoms with van der Waals surface area (Å²) in [5.41, 5.74) is 3.08. The van der Waals surface area contributed by atoms with E-state index in [1.807, 2.05) is 77.9 Å². The molecule has 2 heterocycles. The predicted molar refractivity (Wildman–Crippen MR) is 361 cm³/mol. The molecule has 9 fully saturated rings. The number of rotatable bonds is 26. The van der Waals surface area contributed by atoms with Gasteiger partial charge in [0.15, 0.2) is 26.5 Å². The van der Waals surface area contributed by atoms with E-state index >= 15 is 0 Å². The Hall–Kier alpha value is -6.08. The van der Waals surface area contributed by atoms with Gasteiger partial charge in [-0.15, -0.1) is 0 Å². The van der Waals surface area contributed by atoms with Crippen molar-refractivity contribution in [1.82, 2.24) is 4.90 Å². The van der Waals surface area contributed by atoms with Crippen molar-refractivity contribution in [2.75, 3.05) is 60.2 Å². The maximum Gasteiger partial charge on any atom is 0.317 e. The summed E-state index contributed by atoms with van der Waals surface area (Å²) in [4.78, 5) is 82.4. The number of benzene rings is 3. The Morgan fingerprint density at radius 3 is 1.91 bits per heavy atom. The van der Waals surface area contributed by atoms with Gasteiger partial charge in [-0.25, -0.2) is 0 Å². The third-order valence-electron chi connectivity index (χ3n) is 24.4. The van der Waals surface area contributed by atoms with Crippen molar-refractivity contribution in [2.24, 2.45) is 101 Å². The van der Waals surface area contributed by atoms with Crippen LogP contribution in [0.25, 0.3) is 0 Å². The third kappa shape index (κ3) is 16.4. The van der Waals surface area contributed by atoms with Gasteiger partial charge in [0.25, 0.3) is 5.91 Å². The van der Waals surface area contributed by atoms with Crippen LogP contribution in [-0.2, 0) is 66.7 Å². The van der Waals surface area contributed by atoms with Crippen molar-refractivity contribution in [1.29, 1.82) is 0 Å². The Kier molecular flexibility index (Phi) is 23.9. The SMILES string of the molecule is CCOC(C)Oc1ccc(C(CC(C)c2ccc(OCC(=O)N3CCOCC3)cc2)CC(CC)c2ccc(O)cc2)cc1.COCOC(=O)C1C2CC(C(C)C2C2C3CCC(C3)C2C2C3CC(CC3C(=O)OCOC3CCCCC3)C2C2C(=O)OC(=O)C2C)C1C(=O)OC(C)(C)C. The zero-order valence-corrected chi connectivity index (χ0v) is 59.1. The minimum atomic E-state index is -0.686. The van der Waals surface area contributed by atoms with E-state index in [0.29, 0.717) is 80.4 Å². The van der Waals surface area contributed by atoms with Gasteiger partial charge in [0, 0.05) is 26.8 Å². The van der Waals surface area contributed by atoms with E-state index in [4.69, 9.17) is 47.4 Å². The normalized spacial score (nSPS) is 32.4. The number of hydrogen-bond acceptors (Lipinski definition) is 17. The first-order valence-corrected chi connectivity index (χ1v) is 36.8. The molecule has 1 N–H and O–H groups in total. The Morgan fingerprint density at radius 2 is 1.27 bits per heavy atom. The molecule has 532 valence electrons. The molecule has 18 heteroatoms. The van der Waals surface area contributed by atoms with E-state index in [-0.39, 0.29) is 116 Å². The molecule has 9 aliphatic rings. The monoisotopic (exact) mass is 1340 g/mol. The fourth-order valence-electron chi connectivity index (χ4n) is 20.3. The smallest absolute Gasteiger partial charge is 0.317 e. The molecule has 2 aliphatic heterocycles. The average Bonchev–Trinajstić information content (AvgIpc) is 1.54. The van der Waals surface area contributed by atoms with E-state index < -0.39 is 47.2 Å². The first-order valence-electron chi connectivity index (χ1n) is 36.8. The van der Waals surface area contributed by atoms with Crippen LogP contribution in [0.1, 0.15) is 187 Å². The van der Waals surface area contributed by atoms with E-state index in [9.17, 15) is 33.9 Å². The topological polar surface area (TPSA) is 218 Å². The van der Waals surface area contributed by atoms with E-state index in [1.54, 1.807) is 17.0 Å². The molecule has 0 aromatic heterocycles. The van der Waals surface area contributed by atoms with Gasteiger partial charge in [-0.3, -0.25) is 28.8 Å². The van der Waals surface area contributed by atoms with Gasteiger partial charge in [-0.05, 0) is 247 Å². The maximum atomic E-state index is 13.9. The van der Waals surface area contributed by atoms with Crippen LogP contribution in [0.15, 0.2) is 72.8 Å². The van der Waals surface area contributed by atoms with Crippen LogP contribution in [-0.4, -0.2) is 124 Å². The van der Waals surface area contributed by atoms with Gasteiger partial charge in [-0.2, -0.15) is 0 Å². The molecule has 3 aromatic carbocycles. The van der Waals surface area contributed by atoms with Gasteiger partial charge in [-0.1, -0.05) is 83.4 Å². The molecule has 21 unspecified atom stereocenters. The summed E-state index contributed by atoms with van der Waals surface area (Å²) in [6.45, 7) is 20.9. The molecule has 21 atom stereocenters. The van der Waals surface area contributed by atoms with Crippen LogP contribution >= 0.6 is 0 Å². The summed E-state index contributed by atoms with van der Waals surface area (Å²) in [6, 6.07) is 24.2. The number of carbonyl (C=O) groups excluding carboxylic acids is 6. The van der Waals surface area contributed by atoms with Crippen molar-refractivity contribution >= 4 is 35.8 Å². The molecular weight excluding hydrogens is 1230 g/mol. The summed E-state index contributed by atoms with van der Waals surface area (Å²) in [7, 11) is 1.48. The quantitative estimate of drug-likeness (QED) is 0.0342. The van der Waals surface area contributed by atoms with Crippen molar-refractivity contribution in [3.63, 3.8) is 0 Å². The van der Waals surface area contributed by atoms with Crippen LogP contribution in [0.3, 0.4) is 0 Å². The second kappa shape index (κ2) is 32.1. The lowest BCUT2D eigenvalue weighted by Crippen LogP contribution is -2.51. The molecule has 0 spiro atoms. The maximum absolute atomic E-state index is 13.9. The second-order valence-corrected chi connectivity index (χ2v) is 31.0. The van der Waals surface area contributed by atoms with Crippen molar-refractivity contribution < 1.29 is 81.2 Å². The molecule has 7 aliphatic carbocycles. The number of phenols is 1. The Bertz CT molecular complexity index is 3140. The molecule has 97 heavy (non-hydrogen) atoms. The number of aromatic hydroxyl groups is 1. The number of amides is 1. The van der Waals surface area contributed by atoms with Crippen LogP contribution in [0.5, 0.6) is 17.2 Å². The number of carbonyl (C=O) groups is 6. The number of phenolic OH excluding ortho intramolecular Hbond substituents is 1.